The highest BCUT2D eigenvalue weighted by Gasteiger charge is 2.01. The third kappa shape index (κ3) is 2.09. The molecule has 0 fully saturated rings. The molecule has 0 amide bonds. The van der Waals surface area contributed by atoms with Gasteiger partial charge in [0, 0.05) is 34.2 Å². The highest BCUT2D eigenvalue weighted by atomic mass is 32.1. The summed E-state index contributed by atoms with van der Waals surface area (Å²) < 4.78 is 3.84. The maximum absolute atomic E-state index is 4.12. The van der Waals surface area contributed by atoms with E-state index in [1.165, 1.54) is 16.9 Å². The van der Waals surface area contributed by atoms with Crippen LogP contribution in [0.1, 0.15) is 5.69 Å². The maximum atomic E-state index is 4.12. The third-order valence-electron chi connectivity index (χ3n) is 2.55. The van der Waals surface area contributed by atoms with E-state index in [2.05, 4.69) is 32.0 Å². The molecule has 0 bridgehead atoms. The van der Waals surface area contributed by atoms with Crippen LogP contribution in [0.15, 0.2) is 42.0 Å². The van der Waals surface area contributed by atoms with Crippen LogP contribution in [-0.2, 0) is 6.54 Å². The van der Waals surface area contributed by atoms with Crippen LogP contribution >= 0.6 is 11.5 Å². The van der Waals surface area contributed by atoms with Crippen molar-refractivity contribution in [1.29, 1.82) is 0 Å². The third-order valence-corrected chi connectivity index (χ3v) is 3.10. The molecule has 17 heavy (non-hydrogen) atoms. The molecule has 2 aromatic heterocycles. The summed E-state index contributed by atoms with van der Waals surface area (Å²) in [5.74, 6) is 0. The summed E-state index contributed by atoms with van der Waals surface area (Å²) >= 11 is 1.37. The lowest BCUT2D eigenvalue weighted by Gasteiger charge is -2.07. The van der Waals surface area contributed by atoms with Gasteiger partial charge in [0.2, 0.25) is 0 Å². The highest BCUT2D eigenvalue weighted by Crippen LogP contribution is 2.22. The molecule has 4 nitrogen and oxygen atoms in total. The topological polar surface area (TPSA) is 50.7 Å². The van der Waals surface area contributed by atoms with Gasteiger partial charge in [0.25, 0.3) is 0 Å². The Kier molecular flexibility index (Phi) is 2.67. The smallest absolute Gasteiger partial charge is 0.0946 e. The lowest BCUT2D eigenvalue weighted by atomic mass is 10.1. The van der Waals surface area contributed by atoms with Crippen molar-refractivity contribution in [1.82, 2.24) is 14.6 Å². The van der Waals surface area contributed by atoms with E-state index in [-0.39, 0.29) is 0 Å². The Bertz CT molecular complexity index is 616. The average molecular weight is 242 g/mol. The Morgan fingerprint density at radius 1 is 1.24 bits per heavy atom. The van der Waals surface area contributed by atoms with Crippen LogP contribution in [0.5, 0.6) is 0 Å². The van der Waals surface area contributed by atoms with Gasteiger partial charge in [-0.1, -0.05) is 16.6 Å². The van der Waals surface area contributed by atoms with Gasteiger partial charge in [0.1, 0.15) is 0 Å². The molecule has 0 aliphatic carbocycles. The fraction of sp³-hybridized carbons (Fsp3) is 0.0833. The number of hydrogen-bond donors (Lipinski definition) is 1. The van der Waals surface area contributed by atoms with E-state index in [9.17, 15) is 0 Å². The van der Waals surface area contributed by atoms with Crippen molar-refractivity contribution in [3.05, 3.63) is 47.7 Å². The van der Waals surface area contributed by atoms with E-state index in [0.29, 0.717) is 6.54 Å². The van der Waals surface area contributed by atoms with Crippen molar-refractivity contribution in [2.24, 2.45) is 0 Å². The second-order valence-electron chi connectivity index (χ2n) is 3.65. The van der Waals surface area contributed by atoms with Gasteiger partial charge in [-0.2, -0.15) is 0 Å². The molecule has 0 saturated heterocycles. The molecule has 0 saturated carbocycles. The number of pyridine rings is 1. The van der Waals surface area contributed by atoms with Crippen LogP contribution in [0.3, 0.4) is 0 Å². The van der Waals surface area contributed by atoms with Crippen LogP contribution in [0.4, 0.5) is 5.69 Å². The lowest BCUT2D eigenvalue weighted by molar-refractivity contribution is 1.00. The van der Waals surface area contributed by atoms with E-state index in [1.807, 2.05) is 23.7 Å². The number of anilines is 1. The molecule has 5 heteroatoms. The van der Waals surface area contributed by atoms with Gasteiger partial charge >= 0.3 is 0 Å². The normalized spacial score (nSPS) is 10.6. The number of nitrogens with one attached hydrogen (secondary N) is 1. The summed E-state index contributed by atoms with van der Waals surface area (Å²) in [6.07, 6.45) is 3.67. The number of benzene rings is 1. The molecule has 3 rings (SSSR count). The molecule has 1 aromatic carbocycles. The molecule has 1 N–H and O–H groups in total. The van der Waals surface area contributed by atoms with Crippen molar-refractivity contribution in [3.63, 3.8) is 0 Å². The SMILES string of the molecule is c1cc(NCc2csnn2)c2ccncc2c1. The molecule has 0 radical (unpaired) electrons. The van der Waals surface area contributed by atoms with E-state index in [4.69, 9.17) is 0 Å². The van der Waals surface area contributed by atoms with E-state index in [1.54, 1.807) is 6.20 Å². The predicted molar refractivity (Wildman–Crippen MR) is 69.0 cm³/mol. The van der Waals surface area contributed by atoms with Crippen molar-refractivity contribution in [2.45, 2.75) is 6.54 Å². The number of fused-ring (bicyclic) bond motifs is 1. The van der Waals surface area contributed by atoms with Gasteiger partial charge in [-0.15, -0.1) is 5.10 Å². The van der Waals surface area contributed by atoms with E-state index >= 15 is 0 Å². The minimum atomic E-state index is 0.692. The number of aromatic nitrogens is 3. The quantitative estimate of drug-likeness (QED) is 0.767. The van der Waals surface area contributed by atoms with Gasteiger partial charge in [-0.3, -0.25) is 4.98 Å². The molecule has 0 aliphatic heterocycles. The van der Waals surface area contributed by atoms with Gasteiger partial charge in [0.05, 0.1) is 12.2 Å². The van der Waals surface area contributed by atoms with Gasteiger partial charge in [0.15, 0.2) is 0 Å². The molecular weight excluding hydrogens is 232 g/mol. The standard InChI is InChI=1S/C12H10N4S/c1-2-9-6-13-5-4-11(9)12(3-1)14-7-10-8-17-16-15-10/h1-6,8,14H,7H2. The molecule has 84 valence electrons. The molecule has 3 aromatic rings. The van der Waals surface area contributed by atoms with E-state index < -0.39 is 0 Å². The summed E-state index contributed by atoms with van der Waals surface area (Å²) in [4.78, 5) is 4.12. The fourth-order valence-corrected chi connectivity index (χ4v) is 2.17. The zero-order valence-corrected chi connectivity index (χ0v) is 9.81. The number of hydrogen-bond acceptors (Lipinski definition) is 5. The Balaban J connectivity index is 1.90. The Morgan fingerprint density at radius 2 is 2.24 bits per heavy atom. The second kappa shape index (κ2) is 4.47. The monoisotopic (exact) mass is 242 g/mol. The highest BCUT2D eigenvalue weighted by molar-refractivity contribution is 7.03. The number of rotatable bonds is 3. The Morgan fingerprint density at radius 3 is 3.12 bits per heavy atom. The van der Waals surface area contributed by atoms with Crippen molar-refractivity contribution >= 4 is 28.0 Å². The maximum Gasteiger partial charge on any atom is 0.0946 e. The lowest BCUT2D eigenvalue weighted by Crippen LogP contribution is -2.00. The molecular formula is C12H10N4S. The zero-order valence-electron chi connectivity index (χ0n) is 9.00. The minimum absolute atomic E-state index is 0.692. The molecule has 0 unspecified atom stereocenters. The summed E-state index contributed by atoms with van der Waals surface area (Å²) in [5, 5.41) is 11.6. The van der Waals surface area contributed by atoms with Crippen molar-refractivity contribution in [2.75, 3.05) is 5.32 Å². The fourth-order valence-electron chi connectivity index (χ4n) is 1.72. The Hall–Kier alpha value is -2.01. The second-order valence-corrected chi connectivity index (χ2v) is 4.26. The average Bonchev–Trinajstić information content (AvgIpc) is 2.89. The van der Waals surface area contributed by atoms with Crippen LogP contribution in [0.2, 0.25) is 0 Å². The zero-order chi connectivity index (χ0) is 11.5. The number of nitrogens with zero attached hydrogens (tertiary/aromatic N) is 3. The summed E-state index contributed by atoms with van der Waals surface area (Å²) in [7, 11) is 0. The van der Waals surface area contributed by atoms with Gasteiger partial charge in [-0.25, -0.2) is 0 Å². The predicted octanol–water partition coefficient (Wildman–Crippen LogP) is 2.70. The van der Waals surface area contributed by atoms with Crippen molar-refractivity contribution in [3.8, 4) is 0 Å². The summed E-state index contributed by atoms with van der Waals surface area (Å²) in [6, 6.07) is 8.14. The summed E-state index contributed by atoms with van der Waals surface area (Å²) in [6.45, 7) is 0.692. The minimum Gasteiger partial charge on any atom is -0.379 e. The first-order valence-electron chi connectivity index (χ1n) is 5.26. The largest absolute Gasteiger partial charge is 0.379 e. The molecule has 2 heterocycles. The molecule has 0 aliphatic rings. The van der Waals surface area contributed by atoms with Crippen LogP contribution in [0.25, 0.3) is 10.8 Å². The molecule has 0 spiro atoms. The van der Waals surface area contributed by atoms with Gasteiger partial charge in [-0.05, 0) is 23.7 Å². The van der Waals surface area contributed by atoms with Crippen LogP contribution < -0.4 is 5.32 Å². The first-order valence-corrected chi connectivity index (χ1v) is 6.10. The summed E-state index contributed by atoms with van der Waals surface area (Å²) in [5.41, 5.74) is 2.05. The van der Waals surface area contributed by atoms with Gasteiger partial charge < -0.3 is 5.32 Å². The van der Waals surface area contributed by atoms with E-state index in [0.717, 1.165) is 16.8 Å². The first-order chi connectivity index (χ1) is 8.43. The van der Waals surface area contributed by atoms with Crippen LogP contribution in [0, 0.1) is 0 Å². The first kappa shape index (κ1) is 10.2. The Labute approximate surface area is 102 Å². The van der Waals surface area contributed by atoms with Crippen LogP contribution in [-0.4, -0.2) is 14.6 Å². The van der Waals surface area contributed by atoms with Crippen molar-refractivity contribution < 1.29 is 0 Å². The molecule has 0 atom stereocenters.